The van der Waals surface area contributed by atoms with Crippen LogP contribution in [-0.2, 0) is 16.0 Å². The van der Waals surface area contributed by atoms with Crippen molar-refractivity contribution in [3.8, 4) is 0 Å². The van der Waals surface area contributed by atoms with Gasteiger partial charge in [-0.25, -0.2) is 0 Å². The molecule has 1 aromatic heterocycles. The molecular weight excluding hydrogens is 378 g/mol. The molecule has 0 saturated carbocycles. The van der Waals surface area contributed by atoms with Crippen LogP contribution in [0, 0.1) is 5.92 Å². The van der Waals surface area contributed by atoms with Crippen LogP contribution < -0.4 is 10.0 Å². The number of amides is 1. The molecule has 0 saturated heterocycles. The Balaban J connectivity index is 0.000000589. The van der Waals surface area contributed by atoms with Crippen LogP contribution in [-0.4, -0.2) is 54.0 Å². The number of benzene rings is 1. The molecule has 4 rings (SSSR count). The van der Waals surface area contributed by atoms with E-state index >= 15 is 0 Å². The summed E-state index contributed by atoms with van der Waals surface area (Å²) in [5.74, 6) is -0.792. The maximum Gasteiger partial charge on any atom is 0.235 e. The Bertz CT molecular complexity index is 938. The molecule has 1 aliphatic carbocycles. The predicted octanol–water partition coefficient (Wildman–Crippen LogP) is 1.03. The van der Waals surface area contributed by atoms with Gasteiger partial charge in [0.2, 0.25) is 5.91 Å². The van der Waals surface area contributed by atoms with Crippen molar-refractivity contribution in [1.29, 1.82) is 0 Å². The Kier molecular flexibility index (Phi) is 6.98. The van der Waals surface area contributed by atoms with Gasteiger partial charge in [0, 0.05) is 48.2 Å². The quantitative estimate of drug-likeness (QED) is 0.771. The van der Waals surface area contributed by atoms with E-state index in [0.29, 0.717) is 11.9 Å². The first-order chi connectivity index (χ1) is 14.4. The summed E-state index contributed by atoms with van der Waals surface area (Å²) in [7, 11) is 0. The first-order valence-corrected chi connectivity index (χ1v) is 11.0. The Morgan fingerprint density at radius 3 is 2.57 bits per heavy atom. The number of nitrogens with zero attached hydrogens (tertiary/aromatic N) is 1. The number of rotatable bonds is 5. The third kappa shape index (κ3) is 4.29. The molecule has 3 atom stereocenters. The summed E-state index contributed by atoms with van der Waals surface area (Å²) in [6.07, 6.45) is 6.71. The van der Waals surface area contributed by atoms with Crippen molar-refractivity contribution in [2.45, 2.75) is 46.6 Å². The lowest BCUT2D eigenvalue weighted by molar-refractivity contribution is -0.920. The molecule has 0 bridgehead atoms. The maximum atomic E-state index is 13.1. The molecule has 0 radical (unpaired) electrons. The van der Waals surface area contributed by atoms with Gasteiger partial charge in [-0.3, -0.25) is 4.79 Å². The van der Waals surface area contributed by atoms with E-state index in [1.165, 1.54) is 27.6 Å². The monoisotopic (exact) mass is 411 g/mol. The molecule has 1 unspecified atom stereocenters. The topological polar surface area (TPSA) is 80.7 Å². The van der Waals surface area contributed by atoms with Gasteiger partial charge in [-0.15, -0.1) is 0 Å². The molecule has 0 spiro atoms. The van der Waals surface area contributed by atoms with Gasteiger partial charge < -0.3 is 24.7 Å². The molecule has 2 heterocycles. The van der Waals surface area contributed by atoms with Crippen molar-refractivity contribution in [2.24, 2.45) is 5.92 Å². The number of hydrogen-bond acceptors (Lipinski definition) is 3. The Labute approximate surface area is 178 Å². The van der Waals surface area contributed by atoms with Crippen LogP contribution >= 0.6 is 0 Å². The molecule has 1 amide bonds. The van der Waals surface area contributed by atoms with E-state index in [1.807, 2.05) is 4.90 Å². The zero-order valence-electron chi connectivity index (χ0n) is 18.5. The fourth-order valence-corrected chi connectivity index (χ4v) is 4.97. The summed E-state index contributed by atoms with van der Waals surface area (Å²) in [5.41, 5.74) is 5.37. The van der Waals surface area contributed by atoms with E-state index in [9.17, 15) is 4.79 Å². The van der Waals surface area contributed by atoms with Gasteiger partial charge >= 0.3 is 0 Å². The number of carboxylic acid groups (broad SMARTS) is 1. The summed E-state index contributed by atoms with van der Waals surface area (Å²) in [6, 6.07) is 7.01. The van der Waals surface area contributed by atoms with Crippen LogP contribution in [0.4, 0.5) is 0 Å². The molecule has 2 aliphatic rings. The summed E-state index contributed by atoms with van der Waals surface area (Å²) in [5, 5.41) is 10.3. The van der Waals surface area contributed by atoms with Crippen LogP contribution in [0.15, 0.2) is 30.5 Å². The lowest BCUT2D eigenvalue weighted by atomic mass is 9.79. The number of carbonyl (C=O) groups excluding carboxylic acids is 2. The Morgan fingerprint density at radius 1 is 1.23 bits per heavy atom. The van der Waals surface area contributed by atoms with Crippen molar-refractivity contribution < 1.29 is 19.6 Å². The van der Waals surface area contributed by atoms with Gasteiger partial charge in [-0.2, -0.15) is 0 Å². The second-order valence-corrected chi connectivity index (χ2v) is 8.14. The van der Waals surface area contributed by atoms with Crippen molar-refractivity contribution in [3.05, 3.63) is 41.6 Å². The van der Waals surface area contributed by atoms with Crippen LogP contribution in [0.3, 0.4) is 0 Å². The summed E-state index contributed by atoms with van der Waals surface area (Å²) >= 11 is 0. The Morgan fingerprint density at radius 2 is 1.93 bits per heavy atom. The standard InChI is InChI=1S/C22H29N3O.C2H4O2/c1-4-10-25-14-16(22(26)24(5-2)6-3)11-18-17-8-7-9-19-21(17)15(13-23-19)12-20(18)25;1-2(3)4/h7-9,11,13,16,20,23H,4-6,10,12,14H2,1-3H3;1H3,(H,3,4)/t16-,20-;/m1./s1. The molecule has 2 N–H and O–H groups in total. The number of hydrogen-bond donors (Lipinski definition) is 2. The number of carboxylic acids is 1. The lowest BCUT2D eigenvalue weighted by Crippen LogP contribution is -3.17. The number of quaternary nitrogens is 1. The zero-order valence-corrected chi connectivity index (χ0v) is 18.5. The molecule has 6 nitrogen and oxygen atoms in total. The van der Waals surface area contributed by atoms with Gasteiger partial charge in [0.25, 0.3) is 0 Å². The molecule has 1 aliphatic heterocycles. The average molecular weight is 412 g/mol. The van der Waals surface area contributed by atoms with Gasteiger partial charge in [0.15, 0.2) is 0 Å². The minimum Gasteiger partial charge on any atom is -0.550 e. The van der Waals surface area contributed by atoms with Gasteiger partial charge in [-0.1, -0.05) is 25.1 Å². The third-order valence-electron chi connectivity index (χ3n) is 6.22. The smallest absolute Gasteiger partial charge is 0.235 e. The third-order valence-corrected chi connectivity index (χ3v) is 6.22. The molecule has 0 fully saturated rings. The lowest BCUT2D eigenvalue weighted by Gasteiger charge is -2.39. The fraction of sp³-hybridized carbons (Fsp3) is 0.500. The van der Waals surface area contributed by atoms with E-state index in [0.717, 1.165) is 45.9 Å². The van der Waals surface area contributed by atoms with E-state index in [4.69, 9.17) is 9.90 Å². The van der Waals surface area contributed by atoms with Gasteiger partial charge in [-0.05, 0) is 44.4 Å². The van der Waals surface area contributed by atoms with Crippen molar-refractivity contribution in [3.63, 3.8) is 0 Å². The van der Waals surface area contributed by atoms with Crippen LogP contribution in [0.1, 0.15) is 45.2 Å². The summed E-state index contributed by atoms with van der Waals surface area (Å²) < 4.78 is 0. The van der Waals surface area contributed by atoms with E-state index < -0.39 is 5.97 Å². The summed E-state index contributed by atoms with van der Waals surface area (Å²) in [4.78, 5) is 29.0. The normalized spacial score (nSPS) is 21.9. The van der Waals surface area contributed by atoms with Crippen LogP contribution in [0.5, 0.6) is 0 Å². The highest BCUT2D eigenvalue weighted by atomic mass is 16.4. The molecule has 30 heavy (non-hydrogen) atoms. The van der Waals surface area contributed by atoms with Gasteiger partial charge in [0.05, 0.1) is 13.1 Å². The van der Waals surface area contributed by atoms with Crippen molar-refractivity contribution in [2.75, 3.05) is 26.2 Å². The summed E-state index contributed by atoms with van der Waals surface area (Å²) in [6.45, 7) is 11.0. The average Bonchev–Trinajstić information content (AvgIpc) is 3.13. The first-order valence-electron chi connectivity index (χ1n) is 11.0. The SMILES string of the molecule is CC(=O)[O-].CCC[NH+]1C[C@H](C(=O)N(CC)CC)C=C2c3cccc4[nH]cc(c34)C[C@H]21. The first kappa shape index (κ1) is 22.1. The molecule has 162 valence electrons. The highest BCUT2D eigenvalue weighted by Gasteiger charge is 2.40. The highest BCUT2D eigenvalue weighted by Crippen LogP contribution is 2.37. The zero-order chi connectivity index (χ0) is 21.8. The number of nitrogens with one attached hydrogen (secondary N) is 2. The maximum absolute atomic E-state index is 13.1. The highest BCUT2D eigenvalue weighted by molar-refractivity contribution is 5.98. The van der Waals surface area contributed by atoms with Crippen LogP contribution in [0.2, 0.25) is 0 Å². The predicted molar refractivity (Wildman–Crippen MR) is 117 cm³/mol. The number of aliphatic carboxylic acids is 1. The Hall–Kier alpha value is -2.60. The number of aromatic nitrogens is 1. The number of aromatic amines is 1. The molecular formula is C24H33N3O3. The largest absolute Gasteiger partial charge is 0.550 e. The number of H-pyrrole nitrogens is 1. The minimum absolute atomic E-state index is 0.00144. The molecule has 2 aromatic rings. The fourth-order valence-electron chi connectivity index (χ4n) is 4.97. The van der Waals surface area contributed by atoms with E-state index in [1.54, 1.807) is 4.90 Å². The van der Waals surface area contributed by atoms with Crippen molar-refractivity contribution in [1.82, 2.24) is 9.88 Å². The molecule has 1 aromatic carbocycles. The van der Waals surface area contributed by atoms with Gasteiger partial charge in [0.1, 0.15) is 12.0 Å². The van der Waals surface area contributed by atoms with Crippen LogP contribution in [0.25, 0.3) is 16.5 Å². The second-order valence-electron chi connectivity index (χ2n) is 8.14. The second kappa shape index (κ2) is 9.47. The minimum atomic E-state index is -1.08. The van der Waals surface area contributed by atoms with Crippen molar-refractivity contribution >= 4 is 28.4 Å². The molecule has 6 heteroatoms. The number of fused-ring (bicyclic) bond motifs is 2. The van der Waals surface area contributed by atoms with E-state index in [-0.39, 0.29) is 5.92 Å². The number of carbonyl (C=O) groups is 2. The van der Waals surface area contributed by atoms with E-state index in [2.05, 4.69) is 56.2 Å².